The number of carbonyl (C=O) groups excluding carboxylic acids is 2. The molecule has 1 aromatic rings. The van der Waals surface area contributed by atoms with Crippen LogP contribution in [0.1, 0.15) is 47.1 Å². The van der Waals surface area contributed by atoms with Crippen LogP contribution in [0.4, 0.5) is 10.5 Å². The molecule has 1 aromatic heterocycles. The molecule has 3 amide bonds. The highest BCUT2D eigenvalue weighted by Crippen LogP contribution is 2.48. The van der Waals surface area contributed by atoms with Crippen molar-refractivity contribution in [3.05, 3.63) is 52.9 Å². The first-order valence-corrected chi connectivity index (χ1v) is 10.2. The van der Waals surface area contributed by atoms with E-state index in [9.17, 15) is 9.59 Å². The summed E-state index contributed by atoms with van der Waals surface area (Å²) in [5.41, 5.74) is 5.48. The van der Waals surface area contributed by atoms with Crippen molar-refractivity contribution in [1.29, 1.82) is 0 Å². The summed E-state index contributed by atoms with van der Waals surface area (Å²) < 4.78 is 0. The van der Waals surface area contributed by atoms with Crippen LogP contribution in [-0.2, 0) is 4.79 Å². The molecule has 0 aromatic carbocycles. The number of fused-ring (bicyclic) bond motifs is 1. The largest absolute Gasteiger partial charge is 0.350 e. The molecule has 2 atom stereocenters. The summed E-state index contributed by atoms with van der Waals surface area (Å²) in [6, 6.07) is 1.79. The summed E-state index contributed by atoms with van der Waals surface area (Å²) in [6.45, 7) is 12.1. The summed E-state index contributed by atoms with van der Waals surface area (Å²) in [4.78, 5) is 29.1. The molecule has 0 bridgehead atoms. The number of allylic oxidation sites excluding steroid dienone is 4. The maximum Gasteiger partial charge on any atom is 0.319 e. The predicted molar refractivity (Wildman–Crippen MR) is 116 cm³/mol. The Morgan fingerprint density at radius 2 is 1.79 bits per heavy atom. The zero-order valence-electron chi connectivity index (χ0n) is 18.0. The Hall–Kier alpha value is -2.89. The molecule has 0 radical (unpaired) electrons. The lowest BCUT2D eigenvalue weighted by atomic mass is 9.88. The standard InChI is InChI=1S/C23H30N4O2/c1-12(2)15(6)26-23(29)27-17-7-16(10-24-11-17)18-8-21(22(28)25-13(3)4)20-9-19(20)14(18)5/h7-13,15,19H,1-6H3,(H,25,28)(H2,26,27,29)/t15?,19-/m1/s1. The van der Waals surface area contributed by atoms with Crippen molar-refractivity contribution in [3.63, 3.8) is 0 Å². The SMILES string of the molecule is CC1=C(c2cncc(NC(=O)NC(C)C(C)C)c2)C=C(C(=O)NC(C)C)C2=C[C@@H]21. The van der Waals surface area contributed by atoms with Crippen molar-refractivity contribution in [2.45, 2.75) is 53.6 Å². The molecule has 0 aliphatic heterocycles. The second kappa shape index (κ2) is 8.23. The number of pyridine rings is 1. The van der Waals surface area contributed by atoms with Gasteiger partial charge in [0, 0.05) is 35.3 Å². The van der Waals surface area contributed by atoms with Crippen molar-refractivity contribution in [2.75, 3.05) is 5.32 Å². The highest BCUT2D eigenvalue weighted by atomic mass is 16.2. The van der Waals surface area contributed by atoms with Gasteiger partial charge in [0.05, 0.1) is 11.9 Å². The number of amides is 3. The van der Waals surface area contributed by atoms with Gasteiger partial charge >= 0.3 is 6.03 Å². The maximum atomic E-state index is 12.6. The molecule has 2 aliphatic rings. The number of urea groups is 1. The average Bonchev–Trinajstić information content (AvgIpc) is 3.42. The molecule has 3 N–H and O–H groups in total. The Bertz CT molecular complexity index is 925. The first-order chi connectivity index (χ1) is 13.7. The first kappa shape index (κ1) is 20.8. The molecule has 6 heteroatoms. The van der Waals surface area contributed by atoms with Crippen molar-refractivity contribution in [3.8, 4) is 0 Å². The van der Waals surface area contributed by atoms with Gasteiger partial charge in [-0.25, -0.2) is 4.79 Å². The van der Waals surface area contributed by atoms with E-state index < -0.39 is 0 Å². The monoisotopic (exact) mass is 394 g/mol. The Balaban J connectivity index is 1.81. The Kier molecular flexibility index (Phi) is 5.91. The molecular weight excluding hydrogens is 364 g/mol. The van der Waals surface area contributed by atoms with Gasteiger partial charge in [-0.2, -0.15) is 0 Å². The van der Waals surface area contributed by atoms with Crippen molar-refractivity contribution in [1.82, 2.24) is 15.6 Å². The van der Waals surface area contributed by atoms with E-state index in [0.29, 0.717) is 17.2 Å². The van der Waals surface area contributed by atoms with Crippen molar-refractivity contribution >= 4 is 23.2 Å². The molecule has 6 nitrogen and oxygen atoms in total. The summed E-state index contributed by atoms with van der Waals surface area (Å²) in [5.74, 6) is 0.513. The second-order valence-electron chi connectivity index (χ2n) is 8.48. The second-order valence-corrected chi connectivity index (χ2v) is 8.48. The van der Waals surface area contributed by atoms with Crippen LogP contribution >= 0.6 is 0 Å². The third-order valence-electron chi connectivity index (χ3n) is 5.39. The van der Waals surface area contributed by atoms with Gasteiger partial charge in [0.2, 0.25) is 0 Å². The molecule has 1 unspecified atom stereocenters. The third-order valence-corrected chi connectivity index (χ3v) is 5.39. The highest BCUT2D eigenvalue weighted by Gasteiger charge is 2.37. The molecule has 0 spiro atoms. The van der Waals surface area contributed by atoms with Crippen LogP contribution < -0.4 is 16.0 Å². The number of carbonyl (C=O) groups is 2. The predicted octanol–water partition coefficient (Wildman–Crippen LogP) is 4.04. The lowest BCUT2D eigenvalue weighted by Gasteiger charge is -2.19. The highest BCUT2D eigenvalue weighted by molar-refractivity contribution is 6.05. The number of hydrogen-bond acceptors (Lipinski definition) is 3. The number of rotatable bonds is 6. The molecule has 29 heavy (non-hydrogen) atoms. The minimum atomic E-state index is -0.252. The number of nitrogens with zero attached hydrogens (tertiary/aromatic N) is 1. The minimum absolute atomic E-state index is 0.0527. The van der Waals surface area contributed by atoms with E-state index in [-0.39, 0.29) is 29.9 Å². The van der Waals surface area contributed by atoms with Crippen LogP contribution in [0, 0.1) is 11.8 Å². The van der Waals surface area contributed by atoms with E-state index in [1.165, 1.54) is 5.57 Å². The third kappa shape index (κ3) is 4.75. The smallest absolute Gasteiger partial charge is 0.319 e. The van der Waals surface area contributed by atoms with Gasteiger partial charge < -0.3 is 16.0 Å². The Labute approximate surface area is 172 Å². The fourth-order valence-corrected chi connectivity index (χ4v) is 3.30. The maximum absolute atomic E-state index is 12.6. The fraction of sp³-hybridized carbons (Fsp3) is 0.435. The van der Waals surface area contributed by atoms with Crippen LogP contribution in [0.15, 0.2) is 47.3 Å². The average molecular weight is 395 g/mol. The summed E-state index contributed by atoms with van der Waals surface area (Å²) in [5, 5.41) is 8.75. The Morgan fingerprint density at radius 3 is 2.45 bits per heavy atom. The van der Waals surface area contributed by atoms with E-state index in [4.69, 9.17) is 0 Å². The van der Waals surface area contributed by atoms with Gasteiger partial charge in [-0.15, -0.1) is 0 Å². The molecule has 0 saturated heterocycles. The molecule has 1 heterocycles. The summed E-state index contributed by atoms with van der Waals surface area (Å²) in [6.07, 6.45) is 7.44. The van der Waals surface area contributed by atoms with Gasteiger partial charge in [0.25, 0.3) is 5.91 Å². The van der Waals surface area contributed by atoms with E-state index in [1.807, 2.05) is 32.9 Å². The number of anilines is 1. The quantitative estimate of drug-likeness (QED) is 0.681. The first-order valence-electron chi connectivity index (χ1n) is 10.2. The Morgan fingerprint density at radius 1 is 1.07 bits per heavy atom. The number of aromatic nitrogens is 1. The molecule has 0 fully saturated rings. The zero-order valence-corrected chi connectivity index (χ0v) is 18.0. The van der Waals surface area contributed by atoms with Crippen LogP contribution in [0.25, 0.3) is 5.57 Å². The van der Waals surface area contributed by atoms with E-state index in [1.54, 1.807) is 12.4 Å². The molecule has 0 saturated carbocycles. The van der Waals surface area contributed by atoms with Crippen LogP contribution in [0.5, 0.6) is 0 Å². The van der Waals surface area contributed by atoms with Crippen molar-refractivity contribution in [2.24, 2.45) is 11.8 Å². The molecular formula is C23H30N4O2. The lowest BCUT2D eigenvalue weighted by molar-refractivity contribution is -0.117. The minimum Gasteiger partial charge on any atom is -0.350 e. The number of hydrogen-bond donors (Lipinski definition) is 3. The summed E-state index contributed by atoms with van der Waals surface area (Å²) in [7, 11) is 0. The fourth-order valence-electron chi connectivity index (χ4n) is 3.30. The zero-order chi connectivity index (χ0) is 21.3. The van der Waals surface area contributed by atoms with Gasteiger partial charge in [0.15, 0.2) is 0 Å². The molecule has 2 aliphatic carbocycles. The van der Waals surface area contributed by atoms with Crippen LogP contribution in [0.2, 0.25) is 0 Å². The number of nitrogens with one attached hydrogen (secondary N) is 3. The van der Waals surface area contributed by atoms with Gasteiger partial charge in [-0.3, -0.25) is 9.78 Å². The van der Waals surface area contributed by atoms with Gasteiger partial charge in [-0.1, -0.05) is 25.5 Å². The molecule has 154 valence electrons. The lowest BCUT2D eigenvalue weighted by Crippen LogP contribution is -2.39. The van der Waals surface area contributed by atoms with Crippen LogP contribution in [0.3, 0.4) is 0 Å². The van der Waals surface area contributed by atoms with Crippen LogP contribution in [-0.4, -0.2) is 29.0 Å². The summed E-state index contributed by atoms with van der Waals surface area (Å²) >= 11 is 0. The van der Waals surface area contributed by atoms with Gasteiger partial charge in [0.1, 0.15) is 0 Å². The van der Waals surface area contributed by atoms with E-state index in [0.717, 1.165) is 16.7 Å². The normalized spacial score (nSPS) is 18.7. The molecule has 3 rings (SSSR count). The van der Waals surface area contributed by atoms with E-state index in [2.05, 4.69) is 47.8 Å². The van der Waals surface area contributed by atoms with Crippen molar-refractivity contribution < 1.29 is 9.59 Å². The topological polar surface area (TPSA) is 83.1 Å². The van der Waals surface area contributed by atoms with Gasteiger partial charge in [-0.05, 0) is 56.9 Å². The van der Waals surface area contributed by atoms with E-state index >= 15 is 0 Å².